The molecule has 64 valence electrons. The van der Waals surface area contributed by atoms with Crippen LogP contribution < -0.4 is 5.73 Å². The predicted molar refractivity (Wildman–Crippen MR) is 46.4 cm³/mol. The second kappa shape index (κ2) is 2.20. The molecule has 2 fully saturated rings. The molecular weight excluding hydrogens is 136 g/mol. The first kappa shape index (κ1) is 7.56. The van der Waals surface area contributed by atoms with Gasteiger partial charge >= 0.3 is 0 Å². The van der Waals surface area contributed by atoms with Crippen LogP contribution in [0.15, 0.2) is 0 Å². The first-order valence-corrected chi connectivity index (χ1v) is 4.56. The maximum atomic E-state index is 5.73. The Morgan fingerprint density at radius 2 is 1.82 bits per heavy atom. The Kier molecular flexibility index (Phi) is 1.52. The van der Waals surface area contributed by atoms with E-state index in [-0.39, 0.29) is 0 Å². The molecule has 0 atom stereocenters. The Morgan fingerprint density at radius 3 is 2.18 bits per heavy atom. The van der Waals surface area contributed by atoms with Crippen molar-refractivity contribution in [2.45, 2.75) is 38.8 Å². The van der Waals surface area contributed by atoms with Crippen LogP contribution in [0, 0.1) is 5.41 Å². The van der Waals surface area contributed by atoms with Gasteiger partial charge in [-0.25, -0.2) is 0 Å². The fourth-order valence-corrected chi connectivity index (χ4v) is 2.24. The Bertz CT molecular complexity index is 151. The molecule has 1 aliphatic carbocycles. The molecule has 2 heteroatoms. The molecule has 2 rings (SSSR count). The summed E-state index contributed by atoms with van der Waals surface area (Å²) >= 11 is 0. The van der Waals surface area contributed by atoms with Crippen molar-refractivity contribution >= 4 is 0 Å². The molecule has 0 aromatic rings. The molecule has 0 unspecified atom stereocenters. The Morgan fingerprint density at radius 1 is 1.27 bits per heavy atom. The highest BCUT2D eigenvalue weighted by Crippen LogP contribution is 2.36. The van der Waals surface area contributed by atoms with Crippen LogP contribution in [0.3, 0.4) is 0 Å². The summed E-state index contributed by atoms with van der Waals surface area (Å²) in [4.78, 5) is 2.57. The molecule has 1 saturated heterocycles. The topological polar surface area (TPSA) is 29.3 Å². The fraction of sp³-hybridized carbons (Fsp3) is 1.00. The predicted octanol–water partition coefficient (Wildman–Crippen LogP) is 0.818. The van der Waals surface area contributed by atoms with Crippen molar-refractivity contribution in [2.24, 2.45) is 11.1 Å². The highest BCUT2D eigenvalue weighted by atomic mass is 15.2. The smallest absolute Gasteiger partial charge is 0.0125 e. The van der Waals surface area contributed by atoms with Crippen LogP contribution in [0.5, 0.6) is 0 Å². The quantitative estimate of drug-likeness (QED) is 0.606. The van der Waals surface area contributed by atoms with E-state index in [4.69, 9.17) is 5.73 Å². The van der Waals surface area contributed by atoms with Gasteiger partial charge in [-0.15, -0.1) is 0 Å². The van der Waals surface area contributed by atoms with Gasteiger partial charge in [-0.2, -0.15) is 0 Å². The first-order valence-electron chi connectivity index (χ1n) is 4.56. The summed E-state index contributed by atoms with van der Waals surface area (Å²) in [6.07, 6.45) is 2.46. The molecular formula is C9H18N2. The van der Waals surface area contributed by atoms with Crippen molar-refractivity contribution in [3.63, 3.8) is 0 Å². The summed E-state index contributed by atoms with van der Waals surface area (Å²) in [7, 11) is 0. The number of rotatable bonds is 1. The molecule has 1 heterocycles. The van der Waals surface area contributed by atoms with E-state index >= 15 is 0 Å². The monoisotopic (exact) mass is 154 g/mol. The van der Waals surface area contributed by atoms with E-state index in [9.17, 15) is 0 Å². The number of hydrogen-bond acceptors (Lipinski definition) is 2. The summed E-state index contributed by atoms with van der Waals surface area (Å²) in [5.74, 6) is 0. The summed E-state index contributed by atoms with van der Waals surface area (Å²) in [6, 6.07) is 1.33. The second-order valence-corrected chi connectivity index (χ2v) is 4.95. The zero-order chi connectivity index (χ0) is 8.06. The molecule has 0 spiro atoms. The van der Waals surface area contributed by atoms with Crippen molar-refractivity contribution in [3.05, 3.63) is 0 Å². The van der Waals surface area contributed by atoms with Gasteiger partial charge < -0.3 is 5.73 Å². The molecule has 2 nitrogen and oxygen atoms in total. The van der Waals surface area contributed by atoms with E-state index < -0.39 is 0 Å². The summed E-state index contributed by atoms with van der Waals surface area (Å²) in [5.41, 5.74) is 6.31. The molecule has 2 aliphatic rings. The van der Waals surface area contributed by atoms with Gasteiger partial charge in [0.1, 0.15) is 0 Å². The molecule has 0 aromatic carbocycles. The lowest BCUT2D eigenvalue weighted by molar-refractivity contribution is -0.0374. The third-order valence-electron chi connectivity index (χ3n) is 2.93. The summed E-state index contributed by atoms with van der Waals surface area (Å²) in [5, 5.41) is 0. The van der Waals surface area contributed by atoms with Crippen molar-refractivity contribution in [1.29, 1.82) is 0 Å². The van der Waals surface area contributed by atoms with Gasteiger partial charge in [0.25, 0.3) is 0 Å². The maximum absolute atomic E-state index is 5.73. The third kappa shape index (κ3) is 1.30. The number of hydrogen-bond donors (Lipinski definition) is 1. The van der Waals surface area contributed by atoms with Gasteiger partial charge in [-0.05, 0) is 18.3 Å². The van der Waals surface area contributed by atoms with E-state index in [0.717, 1.165) is 6.04 Å². The van der Waals surface area contributed by atoms with Crippen molar-refractivity contribution in [1.82, 2.24) is 4.90 Å². The third-order valence-corrected chi connectivity index (χ3v) is 2.93. The lowest BCUT2D eigenvalue weighted by Crippen LogP contribution is -2.62. The Labute approximate surface area is 68.7 Å². The molecule has 1 aliphatic heterocycles. The number of likely N-dealkylation sites (tertiary alicyclic amines) is 1. The van der Waals surface area contributed by atoms with Crippen LogP contribution in [-0.4, -0.2) is 30.1 Å². The van der Waals surface area contributed by atoms with Crippen LogP contribution >= 0.6 is 0 Å². The summed E-state index contributed by atoms with van der Waals surface area (Å²) < 4.78 is 0. The zero-order valence-corrected chi connectivity index (χ0v) is 7.51. The standard InChI is InChI=1S/C9H18N2/c1-9(2)5-11(6-9)8-3-7(10)4-8/h7-8H,3-6,10H2,1-2H3. The maximum Gasteiger partial charge on any atom is 0.0125 e. The molecule has 11 heavy (non-hydrogen) atoms. The zero-order valence-electron chi connectivity index (χ0n) is 7.51. The second-order valence-electron chi connectivity index (χ2n) is 4.95. The molecule has 1 saturated carbocycles. The van der Waals surface area contributed by atoms with Gasteiger partial charge in [0.2, 0.25) is 0 Å². The van der Waals surface area contributed by atoms with Crippen molar-refractivity contribution in [3.8, 4) is 0 Å². The first-order chi connectivity index (χ1) is 5.07. The van der Waals surface area contributed by atoms with Gasteiger partial charge in [0, 0.05) is 25.2 Å². The average molecular weight is 154 g/mol. The normalized spacial score (nSPS) is 42.8. The number of nitrogens with two attached hydrogens (primary N) is 1. The molecule has 0 radical (unpaired) electrons. The largest absolute Gasteiger partial charge is 0.328 e. The van der Waals surface area contributed by atoms with E-state index in [0.29, 0.717) is 11.5 Å². The highest BCUT2D eigenvalue weighted by Gasteiger charge is 2.42. The van der Waals surface area contributed by atoms with Crippen molar-refractivity contribution in [2.75, 3.05) is 13.1 Å². The van der Waals surface area contributed by atoms with Crippen LogP contribution in [0.4, 0.5) is 0 Å². The lowest BCUT2D eigenvalue weighted by atomic mass is 9.77. The minimum Gasteiger partial charge on any atom is -0.328 e. The molecule has 0 aromatic heterocycles. The van der Waals surface area contributed by atoms with Crippen LogP contribution in [0.25, 0.3) is 0 Å². The molecule has 0 bridgehead atoms. The van der Waals surface area contributed by atoms with E-state index in [2.05, 4.69) is 18.7 Å². The minimum absolute atomic E-state index is 0.503. The van der Waals surface area contributed by atoms with Crippen molar-refractivity contribution < 1.29 is 0 Å². The van der Waals surface area contributed by atoms with Gasteiger partial charge in [-0.1, -0.05) is 13.8 Å². The van der Waals surface area contributed by atoms with Gasteiger partial charge in [0.05, 0.1) is 0 Å². The lowest BCUT2D eigenvalue weighted by Gasteiger charge is -2.54. The average Bonchev–Trinajstić information content (AvgIpc) is 1.75. The number of nitrogens with zero attached hydrogens (tertiary/aromatic N) is 1. The fourth-order valence-electron chi connectivity index (χ4n) is 2.24. The van der Waals surface area contributed by atoms with E-state index in [1.165, 1.54) is 25.9 Å². The molecule has 0 amide bonds. The van der Waals surface area contributed by atoms with E-state index in [1.807, 2.05) is 0 Å². The Balaban J connectivity index is 1.76. The minimum atomic E-state index is 0.503. The highest BCUT2D eigenvalue weighted by molar-refractivity contribution is 4.98. The van der Waals surface area contributed by atoms with Gasteiger partial charge in [0.15, 0.2) is 0 Å². The molecule has 2 N–H and O–H groups in total. The van der Waals surface area contributed by atoms with E-state index in [1.54, 1.807) is 0 Å². The Hall–Kier alpha value is -0.0800. The summed E-state index contributed by atoms with van der Waals surface area (Å²) in [6.45, 7) is 7.24. The van der Waals surface area contributed by atoms with Crippen LogP contribution in [0.1, 0.15) is 26.7 Å². The van der Waals surface area contributed by atoms with Crippen LogP contribution in [-0.2, 0) is 0 Å². The SMILES string of the molecule is CC1(C)CN(C2CC(N)C2)C1. The van der Waals surface area contributed by atoms with Crippen LogP contribution in [0.2, 0.25) is 0 Å². The van der Waals surface area contributed by atoms with Gasteiger partial charge in [-0.3, -0.25) is 4.90 Å².